The lowest BCUT2D eigenvalue weighted by Crippen LogP contribution is -2.45. The molecule has 3 aromatic heterocycles. The van der Waals surface area contributed by atoms with E-state index in [-0.39, 0.29) is 71.0 Å². The van der Waals surface area contributed by atoms with E-state index in [9.17, 15) is 41.9 Å². The molecular weight excluding hydrogens is 683 g/mol. The minimum atomic E-state index is -4.82. The first-order valence-corrected chi connectivity index (χ1v) is 16.4. The van der Waals surface area contributed by atoms with Gasteiger partial charge >= 0.3 is 12.1 Å². The number of pyridine rings is 1. The number of benzene rings is 2. The SMILES string of the molecule is CCc1cc(-c2cc(F)c(F)cc2OCCn2c(C)nc3cc(C(F)(F)F)c(N4CCN(C)CC4)c(C#N)c3c2=O)c2scc(C(=O)O)c2n1. The van der Waals surface area contributed by atoms with Crippen LogP contribution in [0.2, 0.25) is 0 Å². The maximum Gasteiger partial charge on any atom is 0.418 e. The van der Waals surface area contributed by atoms with E-state index in [1.807, 2.05) is 18.0 Å². The van der Waals surface area contributed by atoms with E-state index in [1.54, 1.807) is 13.0 Å². The predicted octanol–water partition coefficient (Wildman–Crippen LogP) is 6.24. The van der Waals surface area contributed by atoms with E-state index < -0.39 is 40.5 Å². The number of piperazine rings is 1. The number of aromatic nitrogens is 3. The minimum absolute atomic E-state index is 0.0415. The number of aryl methyl sites for hydroxylation is 2. The number of anilines is 1. The molecule has 260 valence electrons. The number of carbonyl (C=O) groups is 1. The van der Waals surface area contributed by atoms with Crippen LogP contribution in [0.5, 0.6) is 5.75 Å². The van der Waals surface area contributed by atoms with Gasteiger partial charge in [0.25, 0.3) is 5.56 Å². The Bertz CT molecular complexity index is 2270. The summed E-state index contributed by atoms with van der Waals surface area (Å²) in [4.78, 5) is 37.9. The molecule has 1 aliphatic heterocycles. The summed E-state index contributed by atoms with van der Waals surface area (Å²) < 4.78 is 79.8. The highest BCUT2D eigenvalue weighted by molar-refractivity contribution is 7.18. The molecule has 0 spiro atoms. The average Bonchev–Trinajstić information content (AvgIpc) is 3.51. The lowest BCUT2D eigenvalue weighted by Gasteiger charge is -2.36. The fraction of sp³-hybridized carbons (Fsp3) is 0.324. The van der Waals surface area contributed by atoms with Crippen LogP contribution in [0.1, 0.15) is 39.9 Å². The van der Waals surface area contributed by atoms with Gasteiger partial charge in [-0.3, -0.25) is 14.3 Å². The Morgan fingerprint density at radius 3 is 2.42 bits per heavy atom. The number of alkyl halides is 3. The van der Waals surface area contributed by atoms with Crippen molar-refractivity contribution in [3.8, 4) is 22.9 Å². The van der Waals surface area contributed by atoms with Crippen molar-refractivity contribution in [1.82, 2.24) is 19.4 Å². The molecule has 0 atom stereocenters. The van der Waals surface area contributed by atoms with E-state index in [4.69, 9.17) is 4.74 Å². The topological polar surface area (TPSA) is 125 Å². The summed E-state index contributed by atoms with van der Waals surface area (Å²) in [7, 11) is 1.84. The van der Waals surface area contributed by atoms with Crippen molar-refractivity contribution in [2.75, 3.05) is 44.7 Å². The first-order chi connectivity index (χ1) is 23.7. The van der Waals surface area contributed by atoms with Gasteiger partial charge in [0.05, 0.1) is 50.0 Å². The molecule has 0 amide bonds. The maximum atomic E-state index is 14.7. The smallest absolute Gasteiger partial charge is 0.418 e. The molecule has 0 radical (unpaired) electrons. The minimum Gasteiger partial charge on any atom is -0.491 e. The summed E-state index contributed by atoms with van der Waals surface area (Å²) in [6, 6.07) is 6.06. The molecular formula is C34H29F5N6O4S. The number of fused-ring (bicyclic) bond motifs is 2. The third kappa shape index (κ3) is 6.22. The molecule has 10 nitrogen and oxygen atoms in total. The van der Waals surface area contributed by atoms with Crippen molar-refractivity contribution < 1.29 is 36.6 Å². The van der Waals surface area contributed by atoms with Crippen LogP contribution >= 0.6 is 11.3 Å². The van der Waals surface area contributed by atoms with Gasteiger partial charge in [-0.2, -0.15) is 18.4 Å². The second-order valence-corrected chi connectivity index (χ2v) is 12.7. The maximum absolute atomic E-state index is 14.7. The van der Waals surface area contributed by atoms with Crippen LogP contribution in [0.15, 0.2) is 34.4 Å². The van der Waals surface area contributed by atoms with Gasteiger partial charge in [0.15, 0.2) is 11.6 Å². The predicted molar refractivity (Wildman–Crippen MR) is 177 cm³/mol. The molecule has 50 heavy (non-hydrogen) atoms. The van der Waals surface area contributed by atoms with E-state index in [2.05, 4.69) is 9.97 Å². The van der Waals surface area contributed by atoms with Crippen molar-refractivity contribution >= 4 is 44.1 Å². The van der Waals surface area contributed by atoms with Crippen molar-refractivity contribution in [1.29, 1.82) is 5.26 Å². The van der Waals surface area contributed by atoms with Gasteiger partial charge in [-0.25, -0.2) is 18.6 Å². The van der Waals surface area contributed by atoms with Crippen molar-refractivity contribution in [3.05, 3.63) is 79.8 Å². The number of thiophene rings is 1. The Labute approximate surface area is 285 Å². The van der Waals surface area contributed by atoms with Gasteiger partial charge in [-0.05, 0) is 38.6 Å². The van der Waals surface area contributed by atoms with E-state index in [0.29, 0.717) is 35.5 Å². The van der Waals surface area contributed by atoms with Gasteiger partial charge in [-0.15, -0.1) is 11.3 Å². The number of aromatic carboxylic acids is 1. The third-order valence-corrected chi connectivity index (χ3v) is 9.70. The Morgan fingerprint density at radius 1 is 1.08 bits per heavy atom. The van der Waals surface area contributed by atoms with Crippen molar-refractivity contribution in [2.45, 2.75) is 33.0 Å². The highest BCUT2D eigenvalue weighted by atomic mass is 32.1. The lowest BCUT2D eigenvalue weighted by molar-refractivity contribution is -0.137. The van der Waals surface area contributed by atoms with Crippen LogP contribution in [0.3, 0.4) is 0 Å². The molecule has 4 heterocycles. The number of rotatable bonds is 8. The standard InChI is InChI=1S/C34H29F5N6O4S/c1-4-18-11-20(31-29(42-18)22(16-50-31)33(47)48)19-12-24(35)25(36)14-27(19)49-10-9-45-17(2)41-26-13-23(34(37,38)39)30(21(15-40)28(26)32(45)46)44-7-5-43(3)6-8-44/h11-14,16H,4-10H2,1-3H3,(H,47,48). The van der Waals surface area contributed by atoms with E-state index in [1.165, 1.54) is 17.2 Å². The number of nitriles is 1. The first-order valence-electron chi connectivity index (χ1n) is 15.5. The van der Waals surface area contributed by atoms with Crippen LogP contribution in [-0.4, -0.2) is 70.3 Å². The molecule has 2 aromatic carbocycles. The fourth-order valence-corrected chi connectivity index (χ4v) is 7.14. The summed E-state index contributed by atoms with van der Waals surface area (Å²) in [6.45, 7) is 4.06. The monoisotopic (exact) mass is 712 g/mol. The Hall–Kier alpha value is -5.14. The molecule has 5 aromatic rings. The van der Waals surface area contributed by atoms with Crippen LogP contribution in [0.4, 0.5) is 27.6 Å². The number of hydrogen-bond acceptors (Lipinski definition) is 9. The van der Waals surface area contributed by atoms with E-state index >= 15 is 0 Å². The summed E-state index contributed by atoms with van der Waals surface area (Å²) in [6.07, 6.45) is -4.41. The zero-order valence-corrected chi connectivity index (χ0v) is 27.8. The van der Waals surface area contributed by atoms with Gasteiger partial charge in [0.1, 0.15) is 24.3 Å². The molecule has 0 unspecified atom stereocenters. The van der Waals surface area contributed by atoms with Crippen LogP contribution in [-0.2, 0) is 19.1 Å². The van der Waals surface area contributed by atoms with Crippen LogP contribution < -0.4 is 15.2 Å². The Morgan fingerprint density at radius 2 is 1.78 bits per heavy atom. The average molecular weight is 713 g/mol. The molecule has 0 aliphatic carbocycles. The van der Waals surface area contributed by atoms with Crippen molar-refractivity contribution in [2.24, 2.45) is 0 Å². The number of hydrogen-bond donors (Lipinski definition) is 1. The molecule has 1 aliphatic rings. The quantitative estimate of drug-likeness (QED) is 0.186. The number of ether oxygens (including phenoxy) is 1. The number of carboxylic acid groups (broad SMARTS) is 1. The zero-order valence-electron chi connectivity index (χ0n) is 27.0. The third-order valence-electron chi connectivity index (χ3n) is 8.70. The van der Waals surface area contributed by atoms with Gasteiger partial charge in [-0.1, -0.05) is 6.92 Å². The number of carboxylic acids is 1. The normalized spacial score (nSPS) is 14.0. The van der Waals surface area contributed by atoms with Crippen molar-refractivity contribution in [3.63, 3.8) is 0 Å². The molecule has 1 N–H and O–H groups in total. The number of halogens is 5. The van der Waals surface area contributed by atoms with E-state index in [0.717, 1.165) is 34.1 Å². The highest BCUT2D eigenvalue weighted by Crippen LogP contribution is 2.42. The highest BCUT2D eigenvalue weighted by Gasteiger charge is 2.39. The summed E-state index contributed by atoms with van der Waals surface area (Å²) >= 11 is 1.07. The second-order valence-electron chi connectivity index (χ2n) is 11.8. The summed E-state index contributed by atoms with van der Waals surface area (Å²) in [5.41, 5.74) is -1.75. The van der Waals surface area contributed by atoms with Gasteiger partial charge < -0.3 is 19.6 Å². The van der Waals surface area contributed by atoms with Crippen LogP contribution in [0, 0.1) is 29.9 Å². The molecule has 0 saturated carbocycles. The number of nitrogens with zero attached hydrogens (tertiary/aromatic N) is 6. The summed E-state index contributed by atoms with van der Waals surface area (Å²) in [5.74, 6) is -3.63. The lowest BCUT2D eigenvalue weighted by atomic mass is 10.00. The van der Waals surface area contributed by atoms with Crippen LogP contribution in [0.25, 0.3) is 32.2 Å². The summed E-state index contributed by atoms with van der Waals surface area (Å²) in [5, 5.41) is 21.0. The number of likely N-dealkylation sites (N-methyl/N-ethyl adjacent to an activating group) is 1. The molecule has 0 bridgehead atoms. The fourth-order valence-electron chi connectivity index (χ4n) is 6.13. The van der Waals surface area contributed by atoms with Gasteiger partial charge in [0.2, 0.25) is 0 Å². The zero-order chi connectivity index (χ0) is 36.1. The molecule has 1 fully saturated rings. The first kappa shape index (κ1) is 34.7. The Balaban J connectivity index is 1.41. The Kier molecular flexibility index (Phi) is 9.23. The molecule has 1 saturated heterocycles. The largest absolute Gasteiger partial charge is 0.491 e. The molecule has 6 rings (SSSR count). The van der Waals surface area contributed by atoms with Gasteiger partial charge in [0, 0.05) is 54.4 Å². The second kappa shape index (κ2) is 13.3. The molecule has 16 heteroatoms.